The van der Waals surface area contributed by atoms with Crippen LogP contribution in [-0.2, 0) is 12.1 Å². The third kappa shape index (κ3) is 2.33. The molecule has 3 aromatic rings. The Bertz CT molecular complexity index is 1060. The second kappa shape index (κ2) is 6.24. The fraction of sp³-hybridized carbons (Fsp3) is 0.182. The molecule has 28 heavy (non-hydrogen) atoms. The molecule has 1 atom stereocenters. The summed E-state index contributed by atoms with van der Waals surface area (Å²) >= 11 is 6.11. The number of halogens is 1. The topological polar surface area (TPSA) is 53.8 Å². The monoisotopic (exact) mass is 392 g/mol. The van der Waals surface area contributed by atoms with E-state index in [1.54, 1.807) is 23.1 Å². The highest BCUT2D eigenvalue weighted by atomic mass is 35.5. The van der Waals surface area contributed by atoms with Crippen LogP contribution in [0.3, 0.4) is 0 Å². The molecule has 1 fully saturated rings. The molecule has 2 aromatic carbocycles. The van der Waals surface area contributed by atoms with Crippen molar-refractivity contribution in [3.05, 3.63) is 94.4 Å². The van der Waals surface area contributed by atoms with Crippen molar-refractivity contribution in [2.24, 2.45) is 0 Å². The van der Waals surface area contributed by atoms with E-state index < -0.39 is 5.66 Å². The van der Waals surface area contributed by atoms with Crippen LogP contribution in [0.25, 0.3) is 0 Å². The van der Waals surface area contributed by atoms with Crippen molar-refractivity contribution in [3.8, 4) is 0 Å². The SMILES string of the molecule is O=C(c1ccoc1)N1CCN2C(=O)c3ccccc3CC12c1ccc(Cl)cc1. The van der Waals surface area contributed by atoms with Crippen LogP contribution in [0.5, 0.6) is 0 Å². The first-order valence-corrected chi connectivity index (χ1v) is 9.49. The molecule has 2 amide bonds. The fourth-order valence-corrected chi connectivity index (χ4v) is 4.54. The smallest absolute Gasteiger partial charge is 0.259 e. The largest absolute Gasteiger partial charge is 0.472 e. The Balaban J connectivity index is 1.71. The molecule has 0 spiro atoms. The number of fused-ring (bicyclic) bond motifs is 2. The van der Waals surface area contributed by atoms with Gasteiger partial charge in [0.2, 0.25) is 0 Å². The lowest BCUT2D eigenvalue weighted by Crippen LogP contribution is -2.58. The third-order valence-corrected chi connectivity index (χ3v) is 5.94. The summed E-state index contributed by atoms with van der Waals surface area (Å²) in [6.07, 6.45) is 3.46. The standard InChI is InChI=1S/C22H17ClN2O3/c23-18-7-5-17(6-8-18)22-13-15-3-1-2-4-19(15)21(27)25(22)11-10-24(22)20(26)16-9-12-28-14-16/h1-9,12,14H,10-11,13H2. The van der Waals surface area contributed by atoms with Gasteiger partial charge in [-0.25, -0.2) is 0 Å². The third-order valence-electron chi connectivity index (χ3n) is 5.69. The van der Waals surface area contributed by atoms with E-state index in [2.05, 4.69) is 0 Å². The summed E-state index contributed by atoms with van der Waals surface area (Å²) in [5, 5.41) is 0.611. The van der Waals surface area contributed by atoms with Gasteiger partial charge < -0.3 is 14.2 Å². The van der Waals surface area contributed by atoms with Crippen LogP contribution in [0.1, 0.15) is 31.8 Å². The average Bonchev–Trinajstić information content (AvgIpc) is 3.37. The normalized spacial score (nSPS) is 20.8. The van der Waals surface area contributed by atoms with Crippen molar-refractivity contribution in [1.29, 1.82) is 0 Å². The summed E-state index contributed by atoms with van der Waals surface area (Å²) in [4.78, 5) is 30.3. The molecule has 5 nitrogen and oxygen atoms in total. The first-order valence-electron chi connectivity index (χ1n) is 9.11. The molecule has 1 unspecified atom stereocenters. The Morgan fingerprint density at radius 1 is 1.04 bits per heavy atom. The van der Waals surface area contributed by atoms with E-state index in [1.165, 1.54) is 12.5 Å². The Hall–Kier alpha value is -3.05. The quantitative estimate of drug-likeness (QED) is 0.663. The molecule has 0 bridgehead atoms. The summed E-state index contributed by atoms with van der Waals surface area (Å²) in [5.41, 5.74) is 2.09. The summed E-state index contributed by atoms with van der Waals surface area (Å²) in [6.45, 7) is 0.922. The molecule has 5 rings (SSSR count). The molecule has 1 saturated heterocycles. The van der Waals surface area contributed by atoms with Crippen LogP contribution < -0.4 is 0 Å². The Labute approximate surface area is 167 Å². The highest BCUT2D eigenvalue weighted by Crippen LogP contribution is 2.45. The van der Waals surface area contributed by atoms with Crippen molar-refractivity contribution in [3.63, 3.8) is 0 Å². The van der Waals surface area contributed by atoms with Gasteiger partial charge in [-0.15, -0.1) is 0 Å². The van der Waals surface area contributed by atoms with Gasteiger partial charge in [0.15, 0.2) is 0 Å². The van der Waals surface area contributed by atoms with Crippen LogP contribution in [0.2, 0.25) is 5.02 Å². The van der Waals surface area contributed by atoms with Gasteiger partial charge in [-0.05, 0) is 35.4 Å². The minimum Gasteiger partial charge on any atom is -0.472 e. The molecule has 6 heteroatoms. The predicted octanol–water partition coefficient (Wildman–Crippen LogP) is 3.94. The van der Waals surface area contributed by atoms with E-state index in [-0.39, 0.29) is 11.8 Å². The van der Waals surface area contributed by atoms with Crippen LogP contribution in [0, 0.1) is 0 Å². The summed E-state index contributed by atoms with van der Waals surface area (Å²) in [6, 6.07) is 16.7. The number of carbonyl (C=O) groups excluding carboxylic acids is 2. The van der Waals surface area contributed by atoms with E-state index in [4.69, 9.17) is 16.0 Å². The number of amides is 2. The van der Waals surface area contributed by atoms with Gasteiger partial charge in [0.25, 0.3) is 11.8 Å². The molecule has 2 aliphatic heterocycles. The molecular weight excluding hydrogens is 376 g/mol. The zero-order valence-corrected chi connectivity index (χ0v) is 15.7. The maximum atomic E-state index is 13.3. The molecule has 3 heterocycles. The number of hydrogen-bond acceptors (Lipinski definition) is 3. The summed E-state index contributed by atoms with van der Waals surface area (Å²) in [5.74, 6) is -0.210. The average molecular weight is 393 g/mol. The summed E-state index contributed by atoms with van der Waals surface area (Å²) < 4.78 is 5.12. The van der Waals surface area contributed by atoms with Gasteiger partial charge in [-0.1, -0.05) is 41.9 Å². The van der Waals surface area contributed by atoms with Crippen molar-refractivity contribution in [1.82, 2.24) is 9.80 Å². The zero-order valence-electron chi connectivity index (χ0n) is 15.0. The fourth-order valence-electron chi connectivity index (χ4n) is 4.41. The van der Waals surface area contributed by atoms with E-state index in [0.29, 0.717) is 35.7 Å². The highest BCUT2D eigenvalue weighted by Gasteiger charge is 2.55. The van der Waals surface area contributed by atoms with E-state index >= 15 is 0 Å². The zero-order chi connectivity index (χ0) is 19.3. The predicted molar refractivity (Wildman–Crippen MR) is 104 cm³/mol. The Morgan fingerprint density at radius 2 is 1.82 bits per heavy atom. The number of furan rings is 1. The molecule has 0 N–H and O–H groups in total. The minimum absolute atomic E-state index is 0.0562. The van der Waals surface area contributed by atoms with Gasteiger partial charge in [0.05, 0.1) is 11.8 Å². The van der Waals surface area contributed by atoms with Gasteiger partial charge in [0.1, 0.15) is 11.9 Å². The number of nitrogens with zero attached hydrogens (tertiary/aromatic N) is 2. The first kappa shape index (κ1) is 17.1. The highest BCUT2D eigenvalue weighted by molar-refractivity contribution is 6.30. The van der Waals surface area contributed by atoms with Gasteiger partial charge in [-0.3, -0.25) is 9.59 Å². The van der Waals surface area contributed by atoms with E-state index in [9.17, 15) is 9.59 Å². The lowest BCUT2D eigenvalue weighted by Gasteiger charge is -2.47. The van der Waals surface area contributed by atoms with Gasteiger partial charge in [-0.2, -0.15) is 0 Å². The second-order valence-electron chi connectivity index (χ2n) is 7.08. The van der Waals surface area contributed by atoms with E-state index in [1.807, 2.05) is 41.3 Å². The van der Waals surface area contributed by atoms with E-state index in [0.717, 1.165) is 11.1 Å². The van der Waals surface area contributed by atoms with Crippen molar-refractivity contribution in [2.75, 3.05) is 13.1 Å². The number of benzene rings is 2. The lowest BCUT2D eigenvalue weighted by molar-refractivity contribution is 0.00770. The lowest BCUT2D eigenvalue weighted by atomic mass is 9.83. The van der Waals surface area contributed by atoms with Crippen molar-refractivity contribution < 1.29 is 14.0 Å². The van der Waals surface area contributed by atoms with Gasteiger partial charge in [0, 0.05) is 30.1 Å². The van der Waals surface area contributed by atoms with Crippen LogP contribution in [-0.4, -0.2) is 34.7 Å². The van der Waals surface area contributed by atoms with Crippen LogP contribution in [0.4, 0.5) is 0 Å². The molecule has 1 aromatic heterocycles. The van der Waals surface area contributed by atoms with Crippen molar-refractivity contribution >= 4 is 23.4 Å². The molecular formula is C22H17ClN2O3. The summed E-state index contributed by atoms with van der Waals surface area (Å²) in [7, 11) is 0. The molecule has 0 radical (unpaired) electrons. The minimum atomic E-state index is -0.885. The van der Waals surface area contributed by atoms with Gasteiger partial charge >= 0.3 is 0 Å². The molecule has 0 aliphatic carbocycles. The molecule has 0 saturated carbocycles. The maximum absolute atomic E-state index is 13.3. The Morgan fingerprint density at radius 3 is 2.57 bits per heavy atom. The van der Waals surface area contributed by atoms with Crippen LogP contribution in [0.15, 0.2) is 71.5 Å². The van der Waals surface area contributed by atoms with Crippen LogP contribution >= 0.6 is 11.6 Å². The maximum Gasteiger partial charge on any atom is 0.259 e. The number of hydrogen-bond donors (Lipinski definition) is 0. The number of rotatable bonds is 2. The Kier molecular flexibility index (Phi) is 3.81. The van der Waals surface area contributed by atoms with Crippen molar-refractivity contribution in [2.45, 2.75) is 12.1 Å². The first-order chi connectivity index (χ1) is 13.6. The molecule has 2 aliphatic rings. The second-order valence-corrected chi connectivity index (χ2v) is 7.52. The number of carbonyl (C=O) groups is 2. The molecule has 140 valence electrons.